The maximum atomic E-state index is 14.4. The Kier molecular flexibility index (Phi) is 6.43. The number of ether oxygens (including phenoxy) is 2. The maximum Gasteiger partial charge on any atom is 0.410 e. The van der Waals surface area contributed by atoms with E-state index >= 15 is 0 Å². The largest absolute Gasteiger partial charge is 0.461 e. The van der Waals surface area contributed by atoms with Crippen molar-refractivity contribution in [3.63, 3.8) is 0 Å². The predicted molar refractivity (Wildman–Crippen MR) is 157 cm³/mol. The summed E-state index contributed by atoms with van der Waals surface area (Å²) in [5, 5.41) is 1.84. The van der Waals surface area contributed by atoms with Crippen LogP contribution in [0.1, 0.15) is 58.6 Å². The van der Waals surface area contributed by atoms with E-state index in [0.29, 0.717) is 38.7 Å². The van der Waals surface area contributed by atoms with Gasteiger partial charge in [0, 0.05) is 31.4 Å². The molecule has 2 bridgehead atoms. The van der Waals surface area contributed by atoms with Crippen molar-refractivity contribution in [1.29, 1.82) is 0 Å². The van der Waals surface area contributed by atoms with Gasteiger partial charge in [0.05, 0.1) is 33.0 Å². The Morgan fingerprint density at radius 1 is 1.20 bits per heavy atom. The van der Waals surface area contributed by atoms with Crippen LogP contribution in [0.5, 0.6) is 6.01 Å². The van der Waals surface area contributed by atoms with E-state index in [-0.39, 0.29) is 23.7 Å². The van der Waals surface area contributed by atoms with Crippen molar-refractivity contribution in [2.24, 2.45) is 0 Å². The van der Waals surface area contributed by atoms with Gasteiger partial charge in [0.15, 0.2) is 0 Å². The second-order valence-corrected chi connectivity index (χ2v) is 14.1. The minimum atomic E-state index is -0.822. The third-order valence-corrected chi connectivity index (χ3v) is 9.71. The van der Waals surface area contributed by atoms with Gasteiger partial charge in [0.2, 0.25) is 0 Å². The Hall–Kier alpha value is -2.66. The van der Waals surface area contributed by atoms with E-state index in [0.717, 1.165) is 70.2 Å². The molecule has 0 spiro atoms. The molecule has 1 amide bonds. The number of benzene rings is 1. The highest BCUT2D eigenvalue weighted by atomic mass is 79.9. The summed E-state index contributed by atoms with van der Waals surface area (Å²) in [6, 6.07) is 4.33. The zero-order valence-corrected chi connectivity index (χ0v) is 25.7. The summed E-state index contributed by atoms with van der Waals surface area (Å²) in [7, 11) is 0. The van der Waals surface area contributed by atoms with Crippen LogP contribution in [0.2, 0.25) is 0 Å². The average Bonchev–Trinajstić information content (AvgIpc) is 3.61. The normalized spacial score (nSPS) is 28.2. The number of piperazine rings is 1. The van der Waals surface area contributed by atoms with Crippen LogP contribution in [-0.4, -0.2) is 88.0 Å². The molecule has 4 aliphatic heterocycles. The topological polar surface area (TPSA) is 84.2 Å². The monoisotopic (exact) mass is 629 g/mol. The smallest absolute Gasteiger partial charge is 0.410 e. The van der Waals surface area contributed by atoms with Gasteiger partial charge in [-0.3, -0.25) is 9.80 Å². The molecule has 41 heavy (non-hydrogen) atoms. The summed E-state index contributed by atoms with van der Waals surface area (Å²) in [5.41, 5.74) is 0.672. The van der Waals surface area contributed by atoms with Crippen LogP contribution in [0.25, 0.3) is 21.9 Å². The second kappa shape index (κ2) is 9.69. The molecular weight excluding hydrogens is 593 g/mol. The van der Waals surface area contributed by atoms with Crippen molar-refractivity contribution in [2.75, 3.05) is 37.7 Å². The number of anilines is 1. The number of aromatic nitrogens is 2. The summed E-state index contributed by atoms with van der Waals surface area (Å²) >= 11 is 3.67. The standard InChI is InChI=1S/C30H37BrFN5O4/c1-17-10-21-24-23(11-22(31)25(21)40-17)33-27(39-16-30-8-5-9-36(30)13-18(32)12-30)34-26(24)35-14-19-6-7-20(15-35)37(19)28(38)41-29(2,3)4/h10-11,18-20H,5-9,12-16H2,1-4H3/t18-,19-,20+,30+/m1/s1. The van der Waals surface area contributed by atoms with Gasteiger partial charge < -0.3 is 18.8 Å². The van der Waals surface area contributed by atoms with Gasteiger partial charge in [0.1, 0.15) is 35.5 Å². The lowest BCUT2D eigenvalue weighted by Gasteiger charge is -2.42. The van der Waals surface area contributed by atoms with Gasteiger partial charge in [-0.05, 0) is 88.0 Å². The summed E-state index contributed by atoms with van der Waals surface area (Å²) < 4.78 is 33.4. The average molecular weight is 631 g/mol. The number of carbonyl (C=O) groups is 1. The molecule has 11 heteroatoms. The number of rotatable bonds is 4. The molecule has 220 valence electrons. The van der Waals surface area contributed by atoms with Crippen LogP contribution in [0.15, 0.2) is 21.0 Å². The quantitative estimate of drug-likeness (QED) is 0.348. The van der Waals surface area contributed by atoms with Crippen molar-refractivity contribution in [2.45, 2.75) is 89.2 Å². The fourth-order valence-corrected chi connectivity index (χ4v) is 8.01. The Balaban J connectivity index is 1.25. The summed E-state index contributed by atoms with van der Waals surface area (Å²) in [5.74, 6) is 1.58. The van der Waals surface area contributed by atoms with Crippen molar-refractivity contribution in [1.82, 2.24) is 19.8 Å². The van der Waals surface area contributed by atoms with Gasteiger partial charge in [0.25, 0.3) is 0 Å². The highest BCUT2D eigenvalue weighted by Gasteiger charge is 2.50. The van der Waals surface area contributed by atoms with E-state index in [1.807, 2.05) is 44.7 Å². The molecule has 9 nitrogen and oxygen atoms in total. The van der Waals surface area contributed by atoms with Gasteiger partial charge in [-0.25, -0.2) is 9.18 Å². The van der Waals surface area contributed by atoms with E-state index in [9.17, 15) is 9.18 Å². The number of halogens is 2. The predicted octanol–water partition coefficient (Wildman–Crippen LogP) is 5.99. The Labute approximate surface area is 247 Å². The highest BCUT2D eigenvalue weighted by Crippen LogP contribution is 2.43. The number of furan rings is 1. The van der Waals surface area contributed by atoms with Gasteiger partial charge in [-0.2, -0.15) is 9.97 Å². The first kappa shape index (κ1) is 27.2. The molecule has 2 aromatic heterocycles. The lowest BCUT2D eigenvalue weighted by Crippen LogP contribution is -2.57. The number of fused-ring (bicyclic) bond motifs is 6. The summed E-state index contributed by atoms with van der Waals surface area (Å²) in [6.07, 6.45) is 3.23. The molecule has 0 radical (unpaired) electrons. The zero-order valence-electron chi connectivity index (χ0n) is 24.1. The molecular formula is C30H37BrFN5O4. The summed E-state index contributed by atoms with van der Waals surface area (Å²) in [6.45, 7) is 10.7. The van der Waals surface area contributed by atoms with Crippen LogP contribution >= 0.6 is 15.9 Å². The first-order valence-electron chi connectivity index (χ1n) is 14.7. The number of alkyl halides is 1. The van der Waals surface area contributed by atoms with E-state index < -0.39 is 11.8 Å². The first-order valence-corrected chi connectivity index (χ1v) is 15.5. The van der Waals surface area contributed by atoms with Crippen LogP contribution in [0.3, 0.4) is 0 Å². The molecule has 0 unspecified atom stereocenters. The number of carbonyl (C=O) groups excluding carboxylic acids is 1. The highest BCUT2D eigenvalue weighted by molar-refractivity contribution is 9.10. The molecule has 4 aliphatic rings. The van der Waals surface area contributed by atoms with Gasteiger partial charge >= 0.3 is 12.1 Å². The van der Waals surface area contributed by atoms with E-state index in [1.54, 1.807) is 0 Å². The Morgan fingerprint density at radius 2 is 1.95 bits per heavy atom. The SMILES string of the molecule is Cc1cc2c(o1)c(Br)cc1nc(OC[C@@]34CCCN3C[C@H](F)C4)nc(N3C[C@H]4CC[C@@H](C3)N4C(=O)OC(C)(C)C)c12. The molecule has 0 N–H and O–H groups in total. The van der Waals surface area contributed by atoms with Crippen LogP contribution < -0.4 is 9.64 Å². The molecule has 0 aliphatic carbocycles. The second-order valence-electron chi connectivity index (χ2n) is 13.2. The number of amides is 1. The lowest BCUT2D eigenvalue weighted by molar-refractivity contribution is 0.0122. The maximum absolute atomic E-state index is 14.4. The molecule has 3 aromatic rings. The number of nitrogens with zero attached hydrogens (tertiary/aromatic N) is 5. The zero-order chi connectivity index (χ0) is 28.7. The lowest BCUT2D eigenvalue weighted by atomic mass is 9.95. The van der Waals surface area contributed by atoms with E-state index in [2.05, 4.69) is 25.7 Å². The third-order valence-electron chi connectivity index (χ3n) is 9.12. The molecule has 1 aromatic carbocycles. The van der Waals surface area contributed by atoms with Crippen molar-refractivity contribution < 1.29 is 23.1 Å². The number of hydrogen-bond acceptors (Lipinski definition) is 8. The van der Waals surface area contributed by atoms with Crippen LogP contribution in [0, 0.1) is 6.92 Å². The Morgan fingerprint density at radius 3 is 2.68 bits per heavy atom. The molecule has 4 atom stereocenters. The van der Waals surface area contributed by atoms with Gasteiger partial charge in [-0.15, -0.1) is 0 Å². The fraction of sp³-hybridized carbons (Fsp3) is 0.633. The minimum Gasteiger partial charge on any atom is -0.461 e. The molecule has 6 heterocycles. The minimum absolute atomic E-state index is 0.0286. The summed E-state index contributed by atoms with van der Waals surface area (Å²) in [4.78, 5) is 29.4. The van der Waals surface area contributed by atoms with Crippen LogP contribution in [0.4, 0.5) is 15.0 Å². The molecule has 7 rings (SSSR count). The number of aryl methyl sites for hydroxylation is 1. The van der Waals surface area contributed by atoms with E-state index in [4.69, 9.17) is 23.9 Å². The number of hydrogen-bond donors (Lipinski definition) is 0. The van der Waals surface area contributed by atoms with Crippen LogP contribution in [-0.2, 0) is 4.74 Å². The van der Waals surface area contributed by atoms with Crippen molar-refractivity contribution in [3.05, 3.63) is 22.4 Å². The van der Waals surface area contributed by atoms with Gasteiger partial charge in [-0.1, -0.05) is 0 Å². The molecule has 4 fully saturated rings. The Bertz CT molecular complexity index is 1510. The first-order chi connectivity index (χ1) is 19.5. The van der Waals surface area contributed by atoms with Crippen molar-refractivity contribution in [3.8, 4) is 6.01 Å². The molecule has 0 saturated carbocycles. The molecule has 4 saturated heterocycles. The third kappa shape index (κ3) is 4.73. The van der Waals surface area contributed by atoms with E-state index in [1.165, 1.54) is 0 Å². The van der Waals surface area contributed by atoms with Crippen molar-refractivity contribution >= 4 is 49.7 Å². The fourth-order valence-electron chi connectivity index (χ4n) is 7.50.